The van der Waals surface area contributed by atoms with Crippen LogP contribution in [0.2, 0.25) is 0 Å². The van der Waals surface area contributed by atoms with Gasteiger partial charge in [-0.3, -0.25) is 4.79 Å². The third kappa shape index (κ3) is 3.85. The molecule has 0 N–H and O–H groups in total. The molecule has 0 heterocycles. The summed E-state index contributed by atoms with van der Waals surface area (Å²) in [5.74, 6) is 0.411. The molecule has 0 aliphatic carbocycles. The first-order chi connectivity index (χ1) is 11.8. The number of carbonyl (C=O) groups is 1. The molecule has 6 heteroatoms. The molecule has 0 amide bonds. The number of aryl methyl sites for hydroxylation is 1. The van der Waals surface area contributed by atoms with Gasteiger partial charge < -0.3 is 9.47 Å². The Kier molecular flexibility index (Phi) is 5.85. The highest BCUT2D eigenvalue weighted by Gasteiger charge is 2.33. The Morgan fingerprint density at radius 3 is 2.12 bits per heavy atom. The highest BCUT2D eigenvalue weighted by Crippen LogP contribution is 2.30. The molecule has 0 aromatic heterocycles. The second-order valence-electron chi connectivity index (χ2n) is 5.69. The van der Waals surface area contributed by atoms with E-state index in [2.05, 4.69) is 0 Å². The maximum Gasteiger partial charge on any atom is 0.188 e. The van der Waals surface area contributed by atoms with Crippen molar-refractivity contribution >= 4 is 15.6 Å². The number of sulfone groups is 1. The van der Waals surface area contributed by atoms with E-state index in [1.54, 1.807) is 31.2 Å². The lowest BCUT2D eigenvalue weighted by molar-refractivity contribution is 0.0985. The zero-order valence-corrected chi connectivity index (χ0v) is 15.6. The Morgan fingerprint density at radius 1 is 1.00 bits per heavy atom. The average molecular weight is 362 g/mol. The molecule has 1 atom stereocenters. The first-order valence-electron chi connectivity index (χ1n) is 7.92. The van der Waals surface area contributed by atoms with Crippen molar-refractivity contribution in [2.45, 2.75) is 30.4 Å². The van der Waals surface area contributed by atoms with Gasteiger partial charge in [0.05, 0.1) is 19.1 Å². The fourth-order valence-electron chi connectivity index (χ4n) is 2.61. The van der Waals surface area contributed by atoms with Crippen LogP contribution in [-0.4, -0.2) is 33.7 Å². The van der Waals surface area contributed by atoms with Gasteiger partial charge in [-0.15, -0.1) is 0 Å². The quantitative estimate of drug-likeness (QED) is 0.706. The van der Waals surface area contributed by atoms with Crippen LogP contribution in [0, 0.1) is 6.92 Å². The van der Waals surface area contributed by atoms with Crippen LogP contribution in [0.5, 0.6) is 11.5 Å². The lowest BCUT2D eigenvalue weighted by atomic mass is 10.1. The Morgan fingerprint density at radius 2 is 1.60 bits per heavy atom. The average Bonchev–Trinajstić information content (AvgIpc) is 2.61. The predicted molar refractivity (Wildman–Crippen MR) is 96.3 cm³/mol. The van der Waals surface area contributed by atoms with E-state index in [1.807, 2.05) is 6.92 Å². The molecular weight excluding hydrogens is 340 g/mol. The van der Waals surface area contributed by atoms with Crippen LogP contribution in [0.3, 0.4) is 0 Å². The van der Waals surface area contributed by atoms with Crippen molar-refractivity contribution in [2.24, 2.45) is 0 Å². The van der Waals surface area contributed by atoms with Gasteiger partial charge in [0.15, 0.2) is 27.1 Å². The molecule has 0 saturated carbocycles. The smallest absolute Gasteiger partial charge is 0.188 e. The third-order valence-corrected chi connectivity index (χ3v) is 6.28. The van der Waals surface area contributed by atoms with E-state index in [9.17, 15) is 13.2 Å². The van der Waals surface area contributed by atoms with Gasteiger partial charge in [0.1, 0.15) is 5.25 Å². The van der Waals surface area contributed by atoms with Crippen LogP contribution in [-0.2, 0) is 9.84 Å². The molecule has 1 unspecified atom stereocenters. The number of benzene rings is 2. The molecular formula is C19H22O5S. The fourth-order valence-corrected chi connectivity index (χ4v) is 4.31. The van der Waals surface area contributed by atoms with E-state index < -0.39 is 20.9 Å². The minimum atomic E-state index is -3.77. The second-order valence-corrected chi connectivity index (χ2v) is 7.82. The van der Waals surface area contributed by atoms with Crippen molar-refractivity contribution in [1.82, 2.24) is 0 Å². The van der Waals surface area contributed by atoms with Gasteiger partial charge in [-0.25, -0.2) is 8.42 Å². The molecule has 0 fully saturated rings. The van der Waals surface area contributed by atoms with E-state index in [1.165, 1.54) is 32.4 Å². The topological polar surface area (TPSA) is 69.7 Å². The zero-order chi connectivity index (χ0) is 18.6. The molecule has 0 aliphatic heterocycles. The minimum Gasteiger partial charge on any atom is -0.493 e. The van der Waals surface area contributed by atoms with E-state index in [4.69, 9.17) is 9.47 Å². The van der Waals surface area contributed by atoms with E-state index in [-0.39, 0.29) is 16.9 Å². The number of hydrogen-bond acceptors (Lipinski definition) is 5. The summed E-state index contributed by atoms with van der Waals surface area (Å²) in [6, 6.07) is 11.2. The van der Waals surface area contributed by atoms with Crippen LogP contribution < -0.4 is 9.47 Å². The summed E-state index contributed by atoms with van der Waals surface area (Å²) < 4.78 is 36.1. The van der Waals surface area contributed by atoms with Crippen molar-refractivity contribution in [1.29, 1.82) is 0 Å². The number of ether oxygens (including phenoxy) is 2. The van der Waals surface area contributed by atoms with E-state index in [0.717, 1.165) is 5.56 Å². The molecule has 0 spiro atoms. The van der Waals surface area contributed by atoms with Gasteiger partial charge in [0.25, 0.3) is 0 Å². The molecule has 25 heavy (non-hydrogen) atoms. The highest BCUT2D eigenvalue weighted by atomic mass is 32.2. The predicted octanol–water partition coefficient (Wildman–Crippen LogP) is 3.45. The summed E-state index contributed by atoms with van der Waals surface area (Å²) in [6.07, 6.45) is 0.184. The first-order valence-corrected chi connectivity index (χ1v) is 9.46. The Bertz CT molecular complexity index is 854. The number of rotatable bonds is 7. The Hall–Kier alpha value is -2.34. The second kappa shape index (κ2) is 7.70. The van der Waals surface area contributed by atoms with Crippen molar-refractivity contribution < 1.29 is 22.7 Å². The maximum absolute atomic E-state index is 12.9. The van der Waals surface area contributed by atoms with Gasteiger partial charge in [0.2, 0.25) is 0 Å². The van der Waals surface area contributed by atoms with Gasteiger partial charge in [0, 0.05) is 5.56 Å². The molecule has 5 nitrogen and oxygen atoms in total. The summed E-state index contributed by atoms with van der Waals surface area (Å²) in [5, 5.41) is -1.15. The number of carbonyl (C=O) groups excluding carboxylic acids is 1. The van der Waals surface area contributed by atoms with Crippen molar-refractivity contribution in [3.63, 3.8) is 0 Å². The SMILES string of the molecule is CCC(C(=O)c1ccc(OC)c(OC)c1)S(=O)(=O)c1ccc(C)cc1. The molecule has 0 saturated heterocycles. The maximum atomic E-state index is 12.9. The molecule has 2 aromatic carbocycles. The minimum absolute atomic E-state index is 0.152. The summed E-state index contributed by atoms with van der Waals surface area (Å²) in [5.41, 5.74) is 1.23. The summed E-state index contributed by atoms with van der Waals surface area (Å²) in [6.45, 7) is 3.57. The van der Waals surface area contributed by atoms with Crippen LogP contribution in [0.4, 0.5) is 0 Å². The van der Waals surface area contributed by atoms with Crippen LogP contribution in [0.25, 0.3) is 0 Å². The number of methoxy groups -OCH3 is 2. The highest BCUT2D eigenvalue weighted by molar-refractivity contribution is 7.92. The zero-order valence-electron chi connectivity index (χ0n) is 14.8. The normalized spacial score (nSPS) is 12.5. The largest absolute Gasteiger partial charge is 0.493 e. The van der Waals surface area contributed by atoms with Gasteiger partial charge in [-0.05, 0) is 43.7 Å². The standard InChI is InChI=1S/C19H22O5S/c1-5-18(25(21,22)15-9-6-13(2)7-10-15)19(20)14-8-11-16(23-3)17(12-14)24-4/h6-12,18H,5H2,1-4H3. The lowest BCUT2D eigenvalue weighted by Crippen LogP contribution is -2.30. The van der Waals surface area contributed by atoms with Crippen molar-refractivity contribution in [3.05, 3.63) is 53.6 Å². The van der Waals surface area contributed by atoms with Gasteiger partial charge in [-0.1, -0.05) is 24.6 Å². The third-order valence-electron chi connectivity index (χ3n) is 4.06. The lowest BCUT2D eigenvalue weighted by Gasteiger charge is -2.16. The number of hydrogen-bond donors (Lipinski definition) is 0. The molecule has 134 valence electrons. The summed E-state index contributed by atoms with van der Waals surface area (Å²) >= 11 is 0. The van der Waals surface area contributed by atoms with E-state index in [0.29, 0.717) is 11.5 Å². The summed E-state index contributed by atoms with van der Waals surface area (Å²) in [4.78, 5) is 13.0. The Balaban J connectivity index is 2.43. The molecule has 0 bridgehead atoms. The molecule has 0 aliphatic rings. The van der Waals surface area contributed by atoms with E-state index >= 15 is 0 Å². The van der Waals surface area contributed by atoms with Crippen molar-refractivity contribution in [3.8, 4) is 11.5 Å². The number of ketones is 1. The van der Waals surface area contributed by atoms with Crippen molar-refractivity contribution in [2.75, 3.05) is 14.2 Å². The number of Topliss-reactive ketones (excluding diaryl/α,β-unsaturated/α-hetero) is 1. The molecule has 0 radical (unpaired) electrons. The van der Waals surface area contributed by atoms with Gasteiger partial charge >= 0.3 is 0 Å². The van der Waals surface area contributed by atoms with Crippen LogP contribution >= 0.6 is 0 Å². The monoisotopic (exact) mass is 362 g/mol. The summed E-state index contributed by atoms with van der Waals surface area (Å²) in [7, 11) is -0.811. The molecule has 2 rings (SSSR count). The molecule has 2 aromatic rings. The Labute approximate surface area is 148 Å². The fraction of sp³-hybridized carbons (Fsp3) is 0.316. The first kappa shape index (κ1) is 19.0. The van der Waals surface area contributed by atoms with Gasteiger partial charge in [-0.2, -0.15) is 0 Å². The van der Waals surface area contributed by atoms with Crippen LogP contribution in [0.1, 0.15) is 29.3 Å². The van der Waals surface area contributed by atoms with Crippen LogP contribution in [0.15, 0.2) is 47.4 Å².